The summed E-state index contributed by atoms with van der Waals surface area (Å²) in [7, 11) is 0. The Balaban J connectivity index is 2.08. The SMILES string of the molecule is N#Cc1ccc(NCc2ccccn2)c(N)c1. The second kappa shape index (κ2) is 4.99. The third-order valence-corrected chi connectivity index (χ3v) is 2.37. The molecule has 0 amide bonds. The van der Waals surface area contributed by atoms with Crippen molar-refractivity contribution in [2.75, 3.05) is 11.1 Å². The number of aromatic nitrogens is 1. The van der Waals surface area contributed by atoms with Gasteiger partial charge in [-0.2, -0.15) is 5.26 Å². The summed E-state index contributed by atoms with van der Waals surface area (Å²) >= 11 is 0. The minimum Gasteiger partial charge on any atom is -0.397 e. The Kier molecular flexibility index (Phi) is 3.22. The number of nitrogens with one attached hydrogen (secondary N) is 1. The van der Waals surface area contributed by atoms with Crippen LogP contribution < -0.4 is 11.1 Å². The lowest BCUT2D eigenvalue weighted by molar-refractivity contribution is 1.05. The van der Waals surface area contributed by atoms with Crippen molar-refractivity contribution in [2.24, 2.45) is 0 Å². The molecule has 3 N–H and O–H groups in total. The molecule has 4 heteroatoms. The molecule has 0 saturated heterocycles. The van der Waals surface area contributed by atoms with E-state index in [1.54, 1.807) is 24.4 Å². The maximum Gasteiger partial charge on any atom is 0.0992 e. The van der Waals surface area contributed by atoms with Crippen LogP contribution in [0.5, 0.6) is 0 Å². The number of nitriles is 1. The Morgan fingerprint density at radius 2 is 2.18 bits per heavy atom. The number of nitrogens with two attached hydrogens (primary N) is 1. The van der Waals surface area contributed by atoms with E-state index in [-0.39, 0.29) is 0 Å². The highest BCUT2D eigenvalue weighted by molar-refractivity contribution is 5.68. The Morgan fingerprint density at radius 3 is 2.82 bits per heavy atom. The predicted octanol–water partition coefficient (Wildman–Crippen LogP) is 2.15. The highest BCUT2D eigenvalue weighted by Gasteiger charge is 2.00. The third-order valence-electron chi connectivity index (χ3n) is 2.37. The van der Waals surface area contributed by atoms with E-state index in [4.69, 9.17) is 11.0 Å². The van der Waals surface area contributed by atoms with Crippen LogP contribution in [0.15, 0.2) is 42.6 Å². The van der Waals surface area contributed by atoms with Crippen LogP contribution in [-0.4, -0.2) is 4.98 Å². The highest BCUT2D eigenvalue weighted by atomic mass is 14.9. The Morgan fingerprint density at radius 1 is 1.29 bits per heavy atom. The lowest BCUT2D eigenvalue weighted by Crippen LogP contribution is -2.03. The summed E-state index contributed by atoms with van der Waals surface area (Å²) in [5, 5.41) is 11.9. The molecule has 4 nitrogen and oxygen atoms in total. The van der Waals surface area contributed by atoms with Gasteiger partial charge in [-0.1, -0.05) is 6.07 Å². The fraction of sp³-hybridized carbons (Fsp3) is 0.0769. The summed E-state index contributed by atoms with van der Waals surface area (Å²) in [5.41, 5.74) is 8.71. The Labute approximate surface area is 99.7 Å². The molecule has 0 aliphatic carbocycles. The number of pyridine rings is 1. The van der Waals surface area contributed by atoms with Crippen molar-refractivity contribution in [3.63, 3.8) is 0 Å². The van der Waals surface area contributed by atoms with Gasteiger partial charge in [-0.25, -0.2) is 0 Å². The Bertz CT molecular complexity index is 543. The van der Waals surface area contributed by atoms with Crippen molar-refractivity contribution in [1.29, 1.82) is 5.26 Å². The molecule has 0 bridgehead atoms. The third kappa shape index (κ3) is 2.73. The van der Waals surface area contributed by atoms with Gasteiger partial charge in [0.25, 0.3) is 0 Å². The van der Waals surface area contributed by atoms with Gasteiger partial charge in [0.05, 0.1) is 35.2 Å². The zero-order valence-electron chi connectivity index (χ0n) is 9.22. The zero-order chi connectivity index (χ0) is 12.1. The van der Waals surface area contributed by atoms with Crippen molar-refractivity contribution >= 4 is 11.4 Å². The largest absolute Gasteiger partial charge is 0.397 e. The second-order valence-electron chi connectivity index (χ2n) is 3.59. The van der Waals surface area contributed by atoms with E-state index in [9.17, 15) is 0 Å². The molecule has 0 aliphatic rings. The first-order valence-corrected chi connectivity index (χ1v) is 5.23. The molecule has 0 saturated carbocycles. The first-order chi connectivity index (χ1) is 8.29. The average Bonchev–Trinajstić information content (AvgIpc) is 2.38. The molecule has 2 rings (SSSR count). The van der Waals surface area contributed by atoms with Gasteiger partial charge >= 0.3 is 0 Å². The van der Waals surface area contributed by atoms with Crippen LogP contribution in [0.3, 0.4) is 0 Å². The highest BCUT2D eigenvalue weighted by Crippen LogP contribution is 2.19. The van der Waals surface area contributed by atoms with Gasteiger partial charge in [0.1, 0.15) is 0 Å². The van der Waals surface area contributed by atoms with Gasteiger partial charge in [-0.05, 0) is 30.3 Å². The lowest BCUT2D eigenvalue weighted by atomic mass is 10.2. The summed E-state index contributed by atoms with van der Waals surface area (Å²) < 4.78 is 0. The normalized spacial score (nSPS) is 9.59. The summed E-state index contributed by atoms with van der Waals surface area (Å²) in [6.45, 7) is 0.608. The number of benzene rings is 1. The number of hydrogen-bond acceptors (Lipinski definition) is 4. The summed E-state index contributed by atoms with van der Waals surface area (Å²) in [6.07, 6.45) is 1.75. The van der Waals surface area contributed by atoms with E-state index in [1.165, 1.54) is 0 Å². The van der Waals surface area contributed by atoms with Crippen molar-refractivity contribution in [1.82, 2.24) is 4.98 Å². The molecule has 0 spiro atoms. The van der Waals surface area contributed by atoms with Crippen LogP contribution in [0.2, 0.25) is 0 Å². The van der Waals surface area contributed by atoms with E-state index in [2.05, 4.69) is 10.3 Å². The van der Waals surface area contributed by atoms with Crippen LogP contribution in [0.1, 0.15) is 11.3 Å². The van der Waals surface area contributed by atoms with Crippen molar-refractivity contribution in [2.45, 2.75) is 6.54 Å². The van der Waals surface area contributed by atoms with Gasteiger partial charge in [0.15, 0.2) is 0 Å². The summed E-state index contributed by atoms with van der Waals surface area (Å²) in [6, 6.07) is 13.0. The van der Waals surface area contributed by atoms with Gasteiger partial charge in [-0.15, -0.1) is 0 Å². The van der Waals surface area contributed by atoms with E-state index in [0.29, 0.717) is 17.8 Å². The maximum atomic E-state index is 8.72. The topological polar surface area (TPSA) is 74.7 Å². The van der Waals surface area contributed by atoms with Crippen LogP contribution in [0, 0.1) is 11.3 Å². The number of nitrogen functional groups attached to an aromatic ring is 1. The molecule has 17 heavy (non-hydrogen) atoms. The fourth-order valence-electron chi connectivity index (χ4n) is 1.48. The molecule has 1 aromatic heterocycles. The molecular formula is C13H12N4. The summed E-state index contributed by atoms with van der Waals surface area (Å²) in [5.74, 6) is 0. The molecule has 0 fully saturated rings. The van der Waals surface area contributed by atoms with Crippen LogP contribution >= 0.6 is 0 Å². The van der Waals surface area contributed by atoms with E-state index >= 15 is 0 Å². The molecular weight excluding hydrogens is 212 g/mol. The van der Waals surface area contributed by atoms with Crippen molar-refractivity contribution in [3.8, 4) is 6.07 Å². The smallest absolute Gasteiger partial charge is 0.0992 e. The maximum absolute atomic E-state index is 8.72. The molecule has 1 aromatic carbocycles. The van der Waals surface area contributed by atoms with Crippen LogP contribution in [0.25, 0.3) is 0 Å². The molecule has 0 radical (unpaired) electrons. The number of anilines is 2. The molecule has 0 atom stereocenters. The molecule has 0 aliphatic heterocycles. The fourth-order valence-corrected chi connectivity index (χ4v) is 1.48. The summed E-state index contributed by atoms with van der Waals surface area (Å²) in [4.78, 5) is 4.20. The van der Waals surface area contributed by atoms with Gasteiger partial charge in [0.2, 0.25) is 0 Å². The van der Waals surface area contributed by atoms with Crippen LogP contribution in [-0.2, 0) is 6.54 Å². The van der Waals surface area contributed by atoms with E-state index < -0.39 is 0 Å². The van der Waals surface area contributed by atoms with E-state index in [0.717, 1.165) is 11.4 Å². The minimum absolute atomic E-state index is 0.561. The average molecular weight is 224 g/mol. The van der Waals surface area contributed by atoms with E-state index in [1.807, 2.05) is 24.3 Å². The first-order valence-electron chi connectivity index (χ1n) is 5.23. The number of rotatable bonds is 3. The Hall–Kier alpha value is -2.54. The molecule has 84 valence electrons. The van der Waals surface area contributed by atoms with Crippen LogP contribution in [0.4, 0.5) is 11.4 Å². The lowest BCUT2D eigenvalue weighted by Gasteiger charge is -2.08. The van der Waals surface area contributed by atoms with Gasteiger partial charge in [0, 0.05) is 6.20 Å². The predicted molar refractivity (Wildman–Crippen MR) is 67.1 cm³/mol. The number of hydrogen-bond donors (Lipinski definition) is 2. The monoisotopic (exact) mass is 224 g/mol. The standard InChI is InChI=1S/C13H12N4/c14-8-10-4-5-13(12(15)7-10)17-9-11-3-1-2-6-16-11/h1-7,17H,9,15H2. The zero-order valence-corrected chi connectivity index (χ0v) is 9.22. The van der Waals surface area contributed by atoms with Crippen molar-refractivity contribution in [3.05, 3.63) is 53.9 Å². The molecule has 0 unspecified atom stereocenters. The van der Waals surface area contributed by atoms with Gasteiger partial charge < -0.3 is 11.1 Å². The molecule has 1 heterocycles. The second-order valence-corrected chi connectivity index (χ2v) is 3.59. The number of nitrogens with zero attached hydrogens (tertiary/aromatic N) is 2. The first kappa shape index (κ1) is 11.0. The minimum atomic E-state index is 0.561. The quantitative estimate of drug-likeness (QED) is 0.783. The van der Waals surface area contributed by atoms with Gasteiger partial charge in [-0.3, -0.25) is 4.98 Å². The molecule has 2 aromatic rings. The van der Waals surface area contributed by atoms with Crippen molar-refractivity contribution < 1.29 is 0 Å².